The maximum atomic E-state index is 5.86. The Hall–Kier alpha value is -2.62. The molecule has 0 saturated heterocycles. The molecule has 2 aromatic carbocycles. The van der Waals surface area contributed by atoms with E-state index in [2.05, 4.69) is 10.2 Å². The highest BCUT2D eigenvalue weighted by atomic mass is 16.5. The minimum atomic E-state index is 0.516. The lowest BCUT2D eigenvalue weighted by atomic mass is 10.1. The number of ether oxygens (including phenoxy) is 1. The number of para-hydroxylation sites is 1. The average molecular weight is 294 g/mol. The first kappa shape index (κ1) is 14.3. The van der Waals surface area contributed by atoms with E-state index in [-0.39, 0.29) is 0 Å². The lowest BCUT2D eigenvalue weighted by molar-refractivity contribution is 0.303. The maximum absolute atomic E-state index is 5.86. The first-order chi connectivity index (χ1) is 10.7. The molecule has 0 spiro atoms. The van der Waals surface area contributed by atoms with E-state index in [0.29, 0.717) is 24.8 Å². The Kier molecular flexibility index (Phi) is 4.19. The smallest absolute Gasteiger partial charge is 0.247 e. The number of aromatic nitrogens is 2. The van der Waals surface area contributed by atoms with Gasteiger partial charge in [0.15, 0.2) is 0 Å². The first-order valence-corrected chi connectivity index (χ1v) is 7.31. The van der Waals surface area contributed by atoms with Gasteiger partial charge < -0.3 is 9.15 Å². The van der Waals surface area contributed by atoms with Crippen LogP contribution in [0, 0.1) is 13.8 Å². The predicted molar refractivity (Wildman–Crippen MR) is 84.8 cm³/mol. The van der Waals surface area contributed by atoms with Gasteiger partial charge in [0, 0.05) is 5.56 Å². The Bertz CT molecular complexity index is 731. The maximum Gasteiger partial charge on any atom is 0.247 e. The molecule has 1 aromatic heterocycles. The molecule has 3 aromatic rings. The Morgan fingerprint density at radius 3 is 2.36 bits per heavy atom. The Morgan fingerprint density at radius 2 is 1.64 bits per heavy atom. The average Bonchev–Trinajstić information content (AvgIpc) is 3.00. The number of benzene rings is 2. The van der Waals surface area contributed by atoms with Crippen molar-refractivity contribution in [3.05, 3.63) is 65.5 Å². The first-order valence-electron chi connectivity index (χ1n) is 7.31. The molecule has 0 unspecified atom stereocenters. The zero-order valence-corrected chi connectivity index (χ0v) is 12.7. The second-order valence-corrected chi connectivity index (χ2v) is 5.19. The summed E-state index contributed by atoms with van der Waals surface area (Å²) in [5.74, 6) is 2.07. The van der Waals surface area contributed by atoms with Crippen LogP contribution in [0.4, 0.5) is 0 Å². The molecule has 0 saturated carbocycles. The normalized spacial score (nSPS) is 10.6. The Morgan fingerprint density at radius 1 is 0.909 bits per heavy atom. The van der Waals surface area contributed by atoms with Gasteiger partial charge in [0.1, 0.15) is 5.75 Å². The third-order valence-corrected chi connectivity index (χ3v) is 3.46. The van der Waals surface area contributed by atoms with Crippen LogP contribution in [0.25, 0.3) is 11.5 Å². The van der Waals surface area contributed by atoms with E-state index in [9.17, 15) is 0 Å². The molecule has 0 bridgehead atoms. The summed E-state index contributed by atoms with van der Waals surface area (Å²) in [6.07, 6.45) is 0.591. The number of rotatable bonds is 5. The largest absolute Gasteiger partial charge is 0.493 e. The van der Waals surface area contributed by atoms with Gasteiger partial charge in [0.25, 0.3) is 0 Å². The van der Waals surface area contributed by atoms with Crippen molar-refractivity contribution in [2.75, 3.05) is 6.61 Å². The van der Waals surface area contributed by atoms with Crippen molar-refractivity contribution in [3.63, 3.8) is 0 Å². The molecule has 0 radical (unpaired) electrons. The van der Waals surface area contributed by atoms with E-state index >= 15 is 0 Å². The minimum absolute atomic E-state index is 0.516. The highest BCUT2D eigenvalue weighted by Gasteiger charge is 2.09. The van der Waals surface area contributed by atoms with Crippen LogP contribution in [-0.4, -0.2) is 16.8 Å². The molecular weight excluding hydrogens is 276 g/mol. The summed E-state index contributed by atoms with van der Waals surface area (Å²) in [4.78, 5) is 0. The molecule has 112 valence electrons. The Labute approximate surface area is 129 Å². The van der Waals surface area contributed by atoms with E-state index in [1.807, 2.05) is 62.4 Å². The summed E-state index contributed by atoms with van der Waals surface area (Å²) in [5, 5.41) is 8.15. The van der Waals surface area contributed by atoms with Gasteiger partial charge in [0.05, 0.1) is 13.0 Å². The molecule has 22 heavy (non-hydrogen) atoms. The molecule has 0 amide bonds. The quantitative estimate of drug-likeness (QED) is 0.714. The fourth-order valence-corrected chi connectivity index (χ4v) is 2.32. The second kappa shape index (κ2) is 6.43. The summed E-state index contributed by atoms with van der Waals surface area (Å²) in [6.45, 7) is 4.60. The third-order valence-electron chi connectivity index (χ3n) is 3.46. The van der Waals surface area contributed by atoms with Crippen LogP contribution in [0.3, 0.4) is 0 Å². The van der Waals surface area contributed by atoms with Crippen molar-refractivity contribution in [3.8, 4) is 17.2 Å². The summed E-state index contributed by atoms with van der Waals surface area (Å²) in [5.41, 5.74) is 3.20. The van der Waals surface area contributed by atoms with Crippen LogP contribution in [0.15, 0.2) is 52.9 Å². The van der Waals surface area contributed by atoms with Gasteiger partial charge >= 0.3 is 0 Å². The summed E-state index contributed by atoms with van der Waals surface area (Å²) >= 11 is 0. The molecule has 0 aliphatic rings. The highest BCUT2D eigenvalue weighted by molar-refractivity contribution is 5.51. The molecular formula is C18H18N2O2. The van der Waals surface area contributed by atoms with E-state index in [0.717, 1.165) is 22.4 Å². The van der Waals surface area contributed by atoms with Crippen LogP contribution in [0.5, 0.6) is 5.75 Å². The number of hydrogen-bond acceptors (Lipinski definition) is 4. The minimum Gasteiger partial charge on any atom is -0.493 e. The molecule has 4 heteroatoms. The standard InChI is InChI=1S/C18H18N2O2/c1-13-7-6-8-14(2)17(13)21-12-11-16-19-20-18(22-16)15-9-4-3-5-10-15/h3-10H,11-12H2,1-2H3. The van der Waals surface area contributed by atoms with Crippen LogP contribution in [-0.2, 0) is 6.42 Å². The molecule has 0 aliphatic heterocycles. The molecule has 0 atom stereocenters. The summed E-state index contributed by atoms with van der Waals surface area (Å²) < 4.78 is 11.5. The van der Waals surface area contributed by atoms with Crippen molar-refractivity contribution in [1.29, 1.82) is 0 Å². The summed E-state index contributed by atoms with van der Waals surface area (Å²) in [7, 11) is 0. The van der Waals surface area contributed by atoms with E-state index < -0.39 is 0 Å². The molecule has 0 N–H and O–H groups in total. The summed E-state index contributed by atoms with van der Waals surface area (Å²) in [6, 6.07) is 15.9. The molecule has 4 nitrogen and oxygen atoms in total. The molecule has 1 heterocycles. The predicted octanol–water partition coefficient (Wildman–Crippen LogP) is 3.97. The van der Waals surface area contributed by atoms with Crippen molar-refractivity contribution < 1.29 is 9.15 Å². The second-order valence-electron chi connectivity index (χ2n) is 5.19. The van der Waals surface area contributed by atoms with Gasteiger partial charge in [-0.15, -0.1) is 10.2 Å². The fraction of sp³-hybridized carbons (Fsp3) is 0.222. The molecule has 0 fully saturated rings. The van der Waals surface area contributed by atoms with Gasteiger partial charge in [-0.1, -0.05) is 36.4 Å². The number of hydrogen-bond donors (Lipinski definition) is 0. The highest BCUT2D eigenvalue weighted by Crippen LogP contribution is 2.22. The lowest BCUT2D eigenvalue weighted by Crippen LogP contribution is -2.04. The van der Waals surface area contributed by atoms with E-state index in [4.69, 9.17) is 9.15 Å². The number of nitrogens with zero attached hydrogens (tertiary/aromatic N) is 2. The van der Waals surface area contributed by atoms with Crippen LogP contribution < -0.4 is 4.74 Å². The topological polar surface area (TPSA) is 48.2 Å². The van der Waals surface area contributed by atoms with Gasteiger partial charge in [-0.2, -0.15) is 0 Å². The van der Waals surface area contributed by atoms with E-state index in [1.54, 1.807) is 0 Å². The lowest BCUT2D eigenvalue weighted by Gasteiger charge is -2.10. The SMILES string of the molecule is Cc1cccc(C)c1OCCc1nnc(-c2ccccc2)o1. The van der Waals surface area contributed by atoms with Crippen molar-refractivity contribution in [2.24, 2.45) is 0 Å². The zero-order valence-electron chi connectivity index (χ0n) is 12.7. The Balaban J connectivity index is 1.62. The van der Waals surface area contributed by atoms with Crippen LogP contribution in [0.1, 0.15) is 17.0 Å². The van der Waals surface area contributed by atoms with Crippen molar-refractivity contribution in [2.45, 2.75) is 20.3 Å². The number of aryl methyl sites for hydroxylation is 2. The fourth-order valence-electron chi connectivity index (χ4n) is 2.32. The van der Waals surface area contributed by atoms with Crippen LogP contribution in [0.2, 0.25) is 0 Å². The van der Waals surface area contributed by atoms with E-state index in [1.165, 1.54) is 0 Å². The van der Waals surface area contributed by atoms with Gasteiger partial charge in [-0.25, -0.2) is 0 Å². The molecule has 3 rings (SSSR count). The zero-order chi connectivity index (χ0) is 15.4. The third kappa shape index (κ3) is 3.17. The molecule has 0 aliphatic carbocycles. The monoisotopic (exact) mass is 294 g/mol. The van der Waals surface area contributed by atoms with Gasteiger partial charge in [-0.05, 0) is 37.1 Å². The van der Waals surface area contributed by atoms with Gasteiger partial charge in [-0.3, -0.25) is 0 Å². The van der Waals surface area contributed by atoms with Gasteiger partial charge in [0.2, 0.25) is 11.8 Å². The van der Waals surface area contributed by atoms with Crippen molar-refractivity contribution in [1.82, 2.24) is 10.2 Å². The van der Waals surface area contributed by atoms with Crippen LogP contribution >= 0.6 is 0 Å². The van der Waals surface area contributed by atoms with Crippen molar-refractivity contribution >= 4 is 0 Å².